The van der Waals surface area contributed by atoms with Gasteiger partial charge in [-0.15, -0.1) is 12.6 Å². The first-order valence-corrected chi connectivity index (χ1v) is 8.82. The highest BCUT2D eigenvalue weighted by atomic mass is 32.1. The molecule has 1 N–H and O–H groups in total. The van der Waals surface area contributed by atoms with Crippen LogP contribution in [0.3, 0.4) is 0 Å². The number of H-pyrrole nitrogens is 1. The van der Waals surface area contributed by atoms with Gasteiger partial charge in [0.2, 0.25) is 0 Å². The molecule has 6 heteroatoms. The van der Waals surface area contributed by atoms with Crippen LogP contribution in [0.5, 0.6) is 0 Å². The van der Waals surface area contributed by atoms with Crippen LogP contribution in [-0.2, 0) is 6.42 Å². The van der Waals surface area contributed by atoms with Crippen LogP contribution in [0.25, 0.3) is 27.6 Å². The van der Waals surface area contributed by atoms with Crippen molar-refractivity contribution in [3.8, 4) is 5.69 Å². The lowest BCUT2D eigenvalue weighted by Crippen LogP contribution is -2.24. The number of hydrogen-bond donors (Lipinski definition) is 2. The average Bonchev–Trinajstić information content (AvgIpc) is 2.99. The molecule has 2 heterocycles. The van der Waals surface area contributed by atoms with Gasteiger partial charge in [0.15, 0.2) is 5.16 Å². The Balaban J connectivity index is 1.99. The van der Waals surface area contributed by atoms with E-state index in [1.165, 1.54) is 0 Å². The molecule has 0 unspecified atom stereocenters. The third-order valence-corrected chi connectivity index (χ3v) is 4.52. The maximum Gasteiger partial charge on any atom is 0.265 e. The van der Waals surface area contributed by atoms with Crippen molar-refractivity contribution in [2.75, 3.05) is 0 Å². The Bertz CT molecular complexity index is 1130. The number of hydrogen-bond acceptors (Lipinski definition) is 4. The summed E-state index contributed by atoms with van der Waals surface area (Å²) in [4.78, 5) is 25.3. The predicted molar refractivity (Wildman–Crippen MR) is 103 cm³/mol. The average molecular weight is 350 g/mol. The number of unbranched alkanes of at least 4 members (excludes halogenated alkanes) is 1. The van der Waals surface area contributed by atoms with Gasteiger partial charge in [0.05, 0.1) is 27.6 Å². The van der Waals surface area contributed by atoms with Crippen LogP contribution >= 0.6 is 12.6 Å². The zero-order chi connectivity index (χ0) is 17.4. The lowest BCUT2D eigenvalue weighted by atomic mass is 10.2. The van der Waals surface area contributed by atoms with E-state index < -0.39 is 0 Å². The summed E-state index contributed by atoms with van der Waals surface area (Å²) >= 11 is 4.25. The Morgan fingerprint density at radius 3 is 2.80 bits per heavy atom. The molecule has 4 rings (SSSR count). The van der Waals surface area contributed by atoms with E-state index in [-0.39, 0.29) is 5.56 Å². The Morgan fingerprint density at radius 1 is 1.12 bits per heavy atom. The third kappa shape index (κ3) is 2.82. The number of fused-ring (bicyclic) bond motifs is 2. The summed E-state index contributed by atoms with van der Waals surface area (Å²) in [6, 6.07) is 13.2. The third-order valence-electron chi connectivity index (χ3n) is 4.31. The Kier molecular flexibility index (Phi) is 4.05. The smallest absolute Gasteiger partial charge is 0.265 e. The first kappa shape index (κ1) is 15.9. The molecule has 0 saturated heterocycles. The van der Waals surface area contributed by atoms with E-state index in [2.05, 4.69) is 29.5 Å². The van der Waals surface area contributed by atoms with Crippen molar-refractivity contribution in [1.82, 2.24) is 19.5 Å². The van der Waals surface area contributed by atoms with Gasteiger partial charge in [0, 0.05) is 6.42 Å². The summed E-state index contributed by atoms with van der Waals surface area (Å²) in [6.07, 6.45) is 2.79. The molecule has 2 aromatic carbocycles. The molecule has 0 aliphatic carbocycles. The minimum Gasteiger partial charge on any atom is -0.333 e. The number of nitrogens with zero attached hydrogens (tertiary/aromatic N) is 3. The van der Waals surface area contributed by atoms with E-state index in [0.29, 0.717) is 10.5 Å². The molecule has 4 aromatic rings. The maximum absolute atomic E-state index is 13.1. The van der Waals surface area contributed by atoms with Crippen LogP contribution in [0, 0.1) is 0 Å². The Labute approximate surface area is 150 Å². The van der Waals surface area contributed by atoms with Gasteiger partial charge in [-0.25, -0.2) is 9.97 Å². The van der Waals surface area contributed by atoms with Gasteiger partial charge in [0.25, 0.3) is 5.56 Å². The first-order chi connectivity index (χ1) is 12.2. The van der Waals surface area contributed by atoms with Crippen LogP contribution in [0.15, 0.2) is 52.4 Å². The van der Waals surface area contributed by atoms with E-state index in [9.17, 15) is 4.79 Å². The fraction of sp³-hybridized carbons (Fsp3) is 0.211. The molecular weight excluding hydrogens is 332 g/mol. The lowest BCUT2D eigenvalue weighted by molar-refractivity contribution is 0.721. The molecule has 25 heavy (non-hydrogen) atoms. The zero-order valence-electron chi connectivity index (χ0n) is 13.9. The van der Waals surface area contributed by atoms with Crippen molar-refractivity contribution in [2.24, 2.45) is 0 Å². The molecule has 0 saturated carbocycles. The highest BCUT2D eigenvalue weighted by Crippen LogP contribution is 2.20. The van der Waals surface area contributed by atoms with Crippen molar-refractivity contribution in [3.63, 3.8) is 0 Å². The van der Waals surface area contributed by atoms with Crippen LogP contribution < -0.4 is 5.56 Å². The molecule has 0 radical (unpaired) electrons. The summed E-state index contributed by atoms with van der Waals surface area (Å²) < 4.78 is 1.71. The van der Waals surface area contributed by atoms with Crippen molar-refractivity contribution in [2.45, 2.75) is 31.3 Å². The number of aryl methyl sites for hydroxylation is 1. The van der Waals surface area contributed by atoms with E-state index >= 15 is 0 Å². The molecule has 5 nitrogen and oxygen atoms in total. The van der Waals surface area contributed by atoms with Gasteiger partial charge in [-0.05, 0) is 36.8 Å². The summed E-state index contributed by atoms with van der Waals surface area (Å²) in [5.41, 5.74) is 3.15. The summed E-state index contributed by atoms with van der Waals surface area (Å²) in [6.45, 7) is 2.13. The van der Waals surface area contributed by atoms with Crippen molar-refractivity contribution in [3.05, 3.63) is 58.6 Å². The summed E-state index contributed by atoms with van der Waals surface area (Å²) in [5, 5.41) is 1.18. The second-order valence-corrected chi connectivity index (χ2v) is 6.47. The molecule has 0 spiro atoms. The molecule has 0 aliphatic rings. The normalized spacial score (nSPS) is 11.4. The topological polar surface area (TPSA) is 63.6 Å². The molecule has 0 aliphatic heterocycles. The van der Waals surface area contributed by atoms with E-state index in [1.807, 2.05) is 42.5 Å². The molecule has 126 valence electrons. The van der Waals surface area contributed by atoms with Crippen LogP contribution in [-0.4, -0.2) is 19.5 Å². The highest BCUT2D eigenvalue weighted by Gasteiger charge is 2.13. The number of rotatable bonds is 4. The Hall–Kier alpha value is -2.60. The van der Waals surface area contributed by atoms with Gasteiger partial charge >= 0.3 is 0 Å². The van der Waals surface area contributed by atoms with Crippen molar-refractivity contribution < 1.29 is 0 Å². The minimum atomic E-state index is -0.0438. The fourth-order valence-electron chi connectivity index (χ4n) is 3.07. The standard InChI is InChI=1S/C19H18N4OS/c1-2-3-8-17-20-14-7-5-4-6-13(14)18(24)23(17)12-9-10-15-16(11-12)22-19(25)21-15/h4-7,9-11H,2-3,8H2,1H3,(H2,21,22,25). The van der Waals surface area contributed by atoms with Crippen molar-refractivity contribution in [1.29, 1.82) is 0 Å². The molecule has 0 bridgehead atoms. The zero-order valence-corrected chi connectivity index (χ0v) is 14.8. The number of benzene rings is 2. The second-order valence-electron chi connectivity index (χ2n) is 6.05. The molecule has 0 fully saturated rings. The highest BCUT2D eigenvalue weighted by molar-refractivity contribution is 7.80. The van der Waals surface area contributed by atoms with Crippen LogP contribution in [0.2, 0.25) is 0 Å². The van der Waals surface area contributed by atoms with Crippen LogP contribution in [0.4, 0.5) is 0 Å². The number of nitrogens with one attached hydrogen (secondary N) is 1. The molecule has 2 aromatic heterocycles. The number of aromatic nitrogens is 4. The minimum absolute atomic E-state index is 0.0438. The van der Waals surface area contributed by atoms with E-state index in [1.54, 1.807) is 4.57 Å². The molecule has 0 amide bonds. The Morgan fingerprint density at radius 2 is 1.96 bits per heavy atom. The fourth-order valence-corrected chi connectivity index (χ4v) is 3.30. The monoisotopic (exact) mass is 350 g/mol. The number of thiol groups is 1. The maximum atomic E-state index is 13.1. The number of para-hydroxylation sites is 1. The van der Waals surface area contributed by atoms with Crippen LogP contribution in [0.1, 0.15) is 25.6 Å². The van der Waals surface area contributed by atoms with E-state index in [0.717, 1.165) is 47.3 Å². The van der Waals surface area contributed by atoms with Gasteiger partial charge in [-0.2, -0.15) is 0 Å². The SMILES string of the molecule is CCCCc1nc2ccccc2c(=O)n1-c1ccc2[nH]c(S)nc2c1. The number of imidazole rings is 1. The largest absolute Gasteiger partial charge is 0.333 e. The van der Waals surface area contributed by atoms with Crippen molar-refractivity contribution >= 4 is 34.6 Å². The van der Waals surface area contributed by atoms with Gasteiger partial charge in [0.1, 0.15) is 5.82 Å². The quantitative estimate of drug-likeness (QED) is 0.549. The van der Waals surface area contributed by atoms with Gasteiger partial charge in [-0.1, -0.05) is 25.5 Å². The molecule has 0 atom stereocenters. The second kappa shape index (κ2) is 6.37. The van der Waals surface area contributed by atoms with E-state index in [4.69, 9.17) is 4.98 Å². The predicted octanol–water partition coefficient (Wildman–Crippen LogP) is 3.89. The van der Waals surface area contributed by atoms with Gasteiger partial charge in [-0.3, -0.25) is 9.36 Å². The summed E-state index contributed by atoms with van der Waals surface area (Å²) in [7, 11) is 0. The summed E-state index contributed by atoms with van der Waals surface area (Å²) in [5.74, 6) is 0.784. The first-order valence-electron chi connectivity index (χ1n) is 8.37. The number of aromatic amines is 1. The molecular formula is C19H18N4OS. The lowest BCUT2D eigenvalue weighted by Gasteiger charge is -2.13. The van der Waals surface area contributed by atoms with Gasteiger partial charge < -0.3 is 4.98 Å².